The van der Waals surface area contributed by atoms with Crippen molar-refractivity contribution in [2.24, 2.45) is 0 Å². The second kappa shape index (κ2) is 12.3. The third kappa shape index (κ3) is 6.75. The predicted molar refractivity (Wildman–Crippen MR) is 151 cm³/mol. The van der Waals surface area contributed by atoms with Gasteiger partial charge in [-0.25, -0.2) is 9.59 Å². The average Bonchev–Trinajstić information content (AvgIpc) is 3.30. The minimum Gasteiger partial charge on any atom is -0.480 e. The normalized spacial score (nSPS) is 11.8. The number of hydrogen-bond acceptors (Lipinski definition) is 7. The molecule has 11 nitrogen and oxygen atoms in total. The van der Waals surface area contributed by atoms with Crippen molar-refractivity contribution in [1.29, 1.82) is 0 Å². The number of carboxylic acid groups (broad SMARTS) is 1. The lowest BCUT2D eigenvalue weighted by atomic mass is 9.99. The summed E-state index contributed by atoms with van der Waals surface area (Å²) in [6.07, 6.45) is 1.33. The van der Waals surface area contributed by atoms with Gasteiger partial charge in [-0.3, -0.25) is 14.4 Å². The molecular formula is C29H28ClN3O8. The highest BCUT2D eigenvalue weighted by atomic mass is 35.5. The summed E-state index contributed by atoms with van der Waals surface area (Å²) in [5.41, 5.74) is 3.36. The zero-order chi connectivity index (χ0) is 29.8. The molecule has 4 N–H and O–H groups in total. The van der Waals surface area contributed by atoms with Crippen LogP contribution in [0.15, 0.2) is 50.2 Å². The van der Waals surface area contributed by atoms with Gasteiger partial charge in [-0.2, -0.15) is 0 Å². The van der Waals surface area contributed by atoms with E-state index in [0.29, 0.717) is 38.3 Å². The van der Waals surface area contributed by atoms with Gasteiger partial charge < -0.3 is 29.9 Å². The molecule has 0 bridgehead atoms. The first-order valence-corrected chi connectivity index (χ1v) is 13.1. The van der Waals surface area contributed by atoms with Crippen LogP contribution in [0.2, 0.25) is 5.02 Å². The summed E-state index contributed by atoms with van der Waals surface area (Å²) in [6, 6.07) is 7.17. The second-order valence-corrected chi connectivity index (χ2v) is 10.1. The van der Waals surface area contributed by atoms with Crippen LogP contribution in [-0.2, 0) is 32.0 Å². The Morgan fingerprint density at radius 2 is 1.56 bits per heavy atom. The summed E-state index contributed by atoms with van der Waals surface area (Å²) >= 11 is 5.84. The maximum Gasteiger partial charge on any atom is 0.340 e. The van der Waals surface area contributed by atoms with E-state index < -0.39 is 48.4 Å². The first-order valence-electron chi connectivity index (χ1n) is 12.7. The van der Waals surface area contributed by atoms with Gasteiger partial charge in [0.15, 0.2) is 0 Å². The molecule has 3 amide bonds. The Hall–Kier alpha value is -4.64. The minimum atomic E-state index is -1.24. The molecule has 0 aliphatic carbocycles. The molecule has 2 heterocycles. The van der Waals surface area contributed by atoms with Crippen molar-refractivity contribution in [3.63, 3.8) is 0 Å². The van der Waals surface area contributed by atoms with Gasteiger partial charge in [-0.15, -0.1) is 0 Å². The lowest BCUT2D eigenvalue weighted by Gasteiger charge is -2.15. The Labute approximate surface area is 238 Å². The number of aliphatic carboxylic acids is 1. The van der Waals surface area contributed by atoms with Crippen LogP contribution < -0.4 is 21.6 Å². The fourth-order valence-electron chi connectivity index (χ4n) is 4.47. The molecule has 1 atom stereocenters. The lowest BCUT2D eigenvalue weighted by molar-refractivity contribution is -0.141. The summed E-state index contributed by atoms with van der Waals surface area (Å²) in [7, 11) is 0. The largest absolute Gasteiger partial charge is 0.480 e. The molecule has 4 aromatic rings. The first-order chi connectivity index (χ1) is 19.4. The van der Waals surface area contributed by atoms with Crippen LogP contribution in [0.4, 0.5) is 0 Å². The van der Waals surface area contributed by atoms with Gasteiger partial charge in [0.05, 0.1) is 31.3 Å². The van der Waals surface area contributed by atoms with Crippen molar-refractivity contribution in [3.05, 3.63) is 79.9 Å². The monoisotopic (exact) mass is 581 g/mol. The summed E-state index contributed by atoms with van der Waals surface area (Å²) in [4.78, 5) is 61.3. The fourth-order valence-corrected chi connectivity index (χ4v) is 4.59. The van der Waals surface area contributed by atoms with E-state index >= 15 is 0 Å². The highest BCUT2D eigenvalue weighted by Crippen LogP contribution is 2.32. The van der Waals surface area contributed by atoms with Gasteiger partial charge in [-0.1, -0.05) is 23.7 Å². The number of furan rings is 1. The van der Waals surface area contributed by atoms with Crippen LogP contribution in [0.5, 0.6) is 0 Å². The predicted octanol–water partition coefficient (Wildman–Crippen LogP) is 2.70. The van der Waals surface area contributed by atoms with Gasteiger partial charge in [0.2, 0.25) is 17.7 Å². The molecule has 0 saturated carbocycles. The van der Waals surface area contributed by atoms with Crippen LogP contribution in [0.3, 0.4) is 0 Å². The van der Waals surface area contributed by atoms with E-state index in [2.05, 4.69) is 16.0 Å². The van der Waals surface area contributed by atoms with Crippen molar-refractivity contribution in [3.8, 4) is 0 Å². The van der Waals surface area contributed by atoms with Crippen LogP contribution in [-0.4, -0.2) is 47.9 Å². The standard InChI is InChI=1S/C29H28ClN3O8/c1-14-13-40-26-16(3)27-20(9-19(14)26)15(2)21(29(39)41-27)10-23(34)31-11-24(35)32-12-25(36)33-22(28(37)38)8-17-4-6-18(30)7-5-17/h4-7,9,13,22H,8,10-12H2,1-3H3,(H,31,34)(H,32,35)(H,33,36)(H,37,38)/t22-/m0/s1. The number of carboxylic acids is 1. The average molecular weight is 582 g/mol. The maximum atomic E-state index is 12.7. The molecule has 2 aromatic carbocycles. The molecule has 0 saturated heterocycles. The Kier molecular flexibility index (Phi) is 8.77. The first kappa shape index (κ1) is 29.3. The maximum absolute atomic E-state index is 12.7. The molecule has 12 heteroatoms. The Morgan fingerprint density at radius 3 is 2.24 bits per heavy atom. The van der Waals surface area contributed by atoms with Crippen molar-refractivity contribution < 1.29 is 33.1 Å². The molecule has 41 heavy (non-hydrogen) atoms. The van der Waals surface area contributed by atoms with Gasteiger partial charge >= 0.3 is 11.6 Å². The van der Waals surface area contributed by atoms with Gasteiger partial charge in [0.1, 0.15) is 17.2 Å². The minimum absolute atomic E-state index is 0.0244. The van der Waals surface area contributed by atoms with E-state index in [1.807, 2.05) is 13.0 Å². The molecule has 0 aliphatic heterocycles. The van der Waals surface area contributed by atoms with Gasteiger partial charge in [0.25, 0.3) is 0 Å². The highest BCUT2D eigenvalue weighted by Gasteiger charge is 2.22. The van der Waals surface area contributed by atoms with E-state index in [-0.39, 0.29) is 18.4 Å². The van der Waals surface area contributed by atoms with Gasteiger partial charge in [0, 0.05) is 27.8 Å². The van der Waals surface area contributed by atoms with E-state index in [1.54, 1.807) is 44.4 Å². The van der Waals surface area contributed by atoms with E-state index in [9.17, 15) is 29.1 Å². The molecule has 0 fully saturated rings. The smallest absolute Gasteiger partial charge is 0.340 e. The zero-order valence-corrected chi connectivity index (χ0v) is 23.3. The van der Waals surface area contributed by atoms with Crippen LogP contribution in [0, 0.1) is 20.8 Å². The Balaban J connectivity index is 1.31. The number of amides is 3. The van der Waals surface area contributed by atoms with Crippen LogP contribution in [0.1, 0.15) is 27.8 Å². The zero-order valence-electron chi connectivity index (χ0n) is 22.6. The van der Waals surface area contributed by atoms with Crippen molar-refractivity contribution in [2.75, 3.05) is 13.1 Å². The summed E-state index contributed by atoms with van der Waals surface area (Å²) in [5.74, 6) is -3.22. The quantitative estimate of drug-likeness (QED) is 0.207. The number of halogens is 1. The van der Waals surface area contributed by atoms with Crippen molar-refractivity contribution in [1.82, 2.24) is 16.0 Å². The number of aryl methyl sites for hydroxylation is 3. The fraction of sp³-hybridized carbons (Fsp3) is 0.276. The molecule has 0 aliphatic rings. The van der Waals surface area contributed by atoms with Gasteiger partial charge in [-0.05, 0) is 55.7 Å². The molecular weight excluding hydrogens is 554 g/mol. The van der Waals surface area contributed by atoms with E-state index in [4.69, 9.17) is 20.4 Å². The number of fused-ring (bicyclic) bond motifs is 2. The van der Waals surface area contributed by atoms with Crippen molar-refractivity contribution in [2.45, 2.75) is 39.7 Å². The number of carbonyl (C=O) groups excluding carboxylic acids is 3. The second-order valence-electron chi connectivity index (χ2n) is 9.69. The molecule has 0 radical (unpaired) electrons. The van der Waals surface area contributed by atoms with Crippen LogP contribution >= 0.6 is 11.6 Å². The number of nitrogens with one attached hydrogen (secondary N) is 3. The Morgan fingerprint density at radius 1 is 0.902 bits per heavy atom. The Bertz CT molecular complexity index is 1720. The third-order valence-corrected chi connectivity index (χ3v) is 7.00. The summed E-state index contributed by atoms with van der Waals surface area (Å²) in [5, 5.41) is 18.6. The topological polar surface area (TPSA) is 168 Å². The highest BCUT2D eigenvalue weighted by molar-refractivity contribution is 6.30. The lowest BCUT2D eigenvalue weighted by Crippen LogP contribution is -2.47. The number of rotatable bonds is 10. The van der Waals surface area contributed by atoms with E-state index in [0.717, 1.165) is 10.9 Å². The number of carbonyl (C=O) groups is 4. The van der Waals surface area contributed by atoms with Crippen molar-refractivity contribution >= 4 is 57.2 Å². The third-order valence-electron chi connectivity index (χ3n) is 6.75. The summed E-state index contributed by atoms with van der Waals surface area (Å²) < 4.78 is 11.1. The molecule has 4 rings (SSSR count). The SMILES string of the molecule is Cc1coc2c(C)c3oc(=O)c(CC(=O)NCC(=O)NCC(=O)N[C@@H](Cc4ccc(Cl)cc4)C(=O)O)c(C)c3cc12. The van der Waals surface area contributed by atoms with E-state index in [1.165, 1.54) is 0 Å². The number of hydrogen-bond donors (Lipinski definition) is 4. The summed E-state index contributed by atoms with van der Waals surface area (Å²) in [6.45, 7) is 4.48. The molecule has 2 aromatic heterocycles. The number of benzene rings is 2. The van der Waals surface area contributed by atoms with Crippen LogP contribution in [0.25, 0.3) is 21.9 Å². The molecule has 0 spiro atoms. The molecule has 214 valence electrons. The molecule has 0 unspecified atom stereocenters.